The Balaban J connectivity index is 1.01. The lowest BCUT2D eigenvalue weighted by Gasteiger charge is -2.20. The standard InChI is InChI=1S/C63H39N3/c1-2-15-46-45(14-1)47-22-13-37-64-57(47)39-55(46)42-31-36-54-56(38-42)63(41-29-34-44(35-30-41)66-60-25-11-7-18-50(60)51-19-8-12-26-61(51)66)53-21-4-3-20-52(53)62(54)40-27-32-43(33-28-40)65-58-23-9-5-16-48(58)49-17-6-10-24-59(49)65/h1-39H. The first-order valence-electron chi connectivity index (χ1n) is 22.7. The molecule has 3 aromatic heterocycles. The van der Waals surface area contributed by atoms with Crippen LogP contribution in [0.2, 0.25) is 0 Å². The third kappa shape index (κ3) is 5.41. The first-order chi connectivity index (χ1) is 32.8. The minimum Gasteiger partial charge on any atom is -0.309 e. The Hall–Kier alpha value is -8.79. The molecule has 3 heterocycles. The number of pyridine rings is 1. The van der Waals surface area contributed by atoms with E-state index in [-0.39, 0.29) is 0 Å². The van der Waals surface area contributed by atoms with Gasteiger partial charge in [-0.25, -0.2) is 0 Å². The molecule has 0 aliphatic carbocycles. The predicted molar refractivity (Wildman–Crippen MR) is 279 cm³/mol. The number of nitrogens with zero attached hydrogens (tertiary/aromatic N) is 3. The summed E-state index contributed by atoms with van der Waals surface area (Å²) in [5, 5.41) is 13.5. The van der Waals surface area contributed by atoms with Crippen LogP contribution < -0.4 is 0 Å². The summed E-state index contributed by atoms with van der Waals surface area (Å²) in [6.07, 6.45) is 1.90. The van der Waals surface area contributed by atoms with E-state index in [4.69, 9.17) is 4.98 Å². The number of hydrogen-bond acceptors (Lipinski definition) is 1. The second-order valence-electron chi connectivity index (χ2n) is 17.4. The van der Waals surface area contributed by atoms with E-state index in [1.54, 1.807) is 0 Å². The summed E-state index contributed by atoms with van der Waals surface area (Å²) in [7, 11) is 0. The zero-order chi connectivity index (χ0) is 43.3. The van der Waals surface area contributed by atoms with Gasteiger partial charge in [0.2, 0.25) is 0 Å². The third-order valence-electron chi connectivity index (χ3n) is 14.0. The molecule has 3 heteroatoms. The minimum absolute atomic E-state index is 0.995. The van der Waals surface area contributed by atoms with E-state index in [0.717, 1.165) is 22.5 Å². The smallest absolute Gasteiger partial charge is 0.0714 e. The summed E-state index contributed by atoms with van der Waals surface area (Å²) in [6, 6.07) is 84.7. The predicted octanol–water partition coefficient (Wildman–Crippen LogP) is 16.9. The van der Waals surface area contributed by atoms with Crippen LogP contribution in [0.5, 0.6) is 0 Å². The molecule has 0 spiro atoms. The molecule has 0 saturated heterocycles. The summed E-state index contributed by atoms with van der Waals surface area (Å²) >= 11 is 0. The van der Waals surface area contributed by atoms with Gasteiger partial charge in [0.25, 0.3) is 0 Å². The van der Waals surface area contributed by atoms with Crippen LogP contribution >= 0.6 is 0 Å². The van der Waals surface area contributed by atoms with Crippen molar-refractivity contribution in [3.63, 3.8) is 0 Å². The average molecular weight is 838 g/mol. The van der Waals surface area contributed by atoms with Crippen molar-refractivity contribution in [2.24, 2.45) is 0 Å². The van der Waals surface area contributed by atoms with Gasteiger partial charge in [0.1, 0.15) is 0 Å². The van der Waals surface area contributed by atoms with Crippen molar-refractivity contribution in [2.75, 3.05) is 0 Å². The Bertz CT molecular complexity index is 4160. The first-order valence-corrected chi connectivity index (χ1v) is 22.7. The molecule has 0 aliphatic rings. The van der Waals surface area contributed by atoms with Crippen molar-refractivity contribution in [1.82, 2.24) is 14.1 Å². The summed E-state index contributed by atoms with van der Waals surface area (Å²) in [6.45, 7) is 0. The molecule has 0 fully saturated rings. The highest BCUT2D eigenvalue weighted by molar-refractivity contribution is 6.23. The summed E-state index contributed by atoms with van der Waals surface area (Å²) < 4.78 is 4.79. The maximum absolute atomic E-state index is 4.86. The van der Waals surface area contributed by atoms with Crippen LogP contribution in [0.4, 0.5) is 0 Å². The maximum atomic E-state index is 4.86. The van der Waals surface area contributed by atoms with Crippen molar-refractivity contribution in [2.45, 2.75) is 0 Å². The molecule has 14 aromatic rings. The van der Waals surface area contributed by atoms with Crippen LogP contribution in [0.15, 0.2) is 237 Å². The zero-order valence-corrected chi connectivity index (χ0v) is 35.9. The van der Waals surface area contributed by atoms with E-state index in [0.29, 0.717) is 0 Å². The highest BCUT2D eigenvalue weighted by atomic mass is 15.0. The maximum Gasteiger partial charge on any atom is 0.0714 e. The fourth-order valence-corrected chi connectivity index (χ4v) is 11.1. The average Bonchev–Trinajstić information content (AvgIpc) is 3.91. The van der Waals surface area contributed by atoms with Crippen molar-refractivity contribution in [3.8, 4) is 44.8 Å². The lowest BCUT2D eigenvalue weighted by atomic mass is 9.84. The Kier molecular flexibility index (Phi) is 7.98. The molecule has 3 nitrogen and oxygen atoms in total. The molecule has 66 heavy (non-hydrogen) atoms. The lowest BCUT2D eigenvalue weighted by molar-refractivity contribution is 1.18. The molecule has 0 N–H and O–H groups in total. The van der Waals surface area contributed by atoms with Crippen molar-refractivity contribution < 1.29 is 0 Å². The summed E-state index contributed by atoms with van der Waals surface area (Å²) in [5.41, 5.74) is 15.3. The summed E-state index contributed by atoms with van der Waals surface area (Å²) in [5.74, 6) is 0. The van der Waals surface area contributed by atoms with E-state index >= 15 is 0 Å². The minimum atomic E-state index is 0.995. The van der Waals surface area contributed by atoms with Crippen LogP contribution in [0, 0.1) is 0 Å². The van der Waals surface area contributed by atoms with Gasteiger partial charge in [-0.15, -0.1) is 0 Å². The molecule has 0 amide bonds. The number of hydrogen-bond donors (Lipinski definition) is 0. The van der Waals surface area contributed by atoms with E-state index in [1.165, 1.54) is 109 Å². The fourth-order valence-electron chi connectivity index (χ4n) is 11.1. The van der Waals surface area contributed by atoms with Gasteiger partial charge in [-0.05, 0) is 132 Å². The number of rotatable bonds is 5. The van der Waals surface area contributed by atoms with Gasteiger partial charge in [-0.2, -0.15) is 0 Å². The molecule has 0 aliphatic heterocycles. The van der Waals surface area contributed by atoms with Crippen molar-refractivity contribution in [3.05, 3.63) is 237 Å². The number of fused-ring (bicyclic) bond motifs is 11. The second kappa shape index (κ2) is 14.4. The highest BCUT2D eigenvalue weighted by Crippen LogP contribution is 2.46. The molecule has 14 rings (SSSR count). The highest BCUT2D eigenvalue weighted by Gasteiger charge is 2.20. The number of para-hydroxylation sites is 4. The van der Waals surface area contributed by atoms with Crippen molar-refractivity contribution in [1.29, 1.82) is 0 Å². The molecular weight excluding hydrogens is 799 g/mol. The molecule has 0 radical (unpaired) electrons. The topological polar surface area (TPSA) is 22.8 Å². The van der Waals surface area contributed by atoms with Crippen LogP contribution in [-0.2, 0) is 0 Å². The van der Waals surface area contributed by atoms with E-state index in [2.05, 4.69) is 234 Å². The molecule has 0 atom stereocenters. The van der Waals surface area contributed by atoms with Crippen LogP contribution in [0.25, 0.3) is 132 Å². The van der Waals surface area contributed by atoms with E-state index < -0.39 is 0 Å². The van der Waals surface area contributed by atoms with E-state index in [1.807, 2.05) is 12.3 Å². The zero-order valence-electron chi connectivity index (χ0n) is 35.9. The Morgan fingerprint density at radius 3 is 1.14 bits per heavy atom. The van der Waals surface area contributed by atoms with Gasteiger partial charge in [-0.1, -0.05) is 164 Å². The Morgan fingerprint density at radius 2 is 0.636 bits per heavy atom. The normalized spacial score (nSPS) is 11.9. The monoisotopic (exact) mass is 837 g/mol. The fraction of sp³-hybridized carbons (Fsp3) is 0. The first kappa shape index (κ1) is 36.7. The van der Waals surface area contributed by atoms with Gasteiger partial charge in [0, 0.05) is 44.5 Å². The molecular formula is C63H39N3. The lowest BCUT2D eigenvalue weighted by Crippen LogP contribution is -1.96. The van der Waals surface area contributed by atoms with Gasteiger partial charge in [0.05, 0.1) is 27.6 Å². The third-order valence-corrected chi connectivity index (χ3v) is 14.0. The SMILES string of the molecule is c1ccc2c(-c3ccc(-n4c5ccccc5c5ccccc54)cc3)c3cc(-c4cc5ncccc5c5ccccc45)ccc3c(-c3ccc(-n4c5ccccc5c5ccccc54)cc3)c2c1. The van der Waals surface area contributed by atoms with Crippen molar-refractivity contribution >= 4 is 86.8 Å². The largest absolute Gasteiger partial charge is 0.309 e. The van der Waals surface area contributed by atoms with Gasteiger partial charge >= 0.3 is 0 Å². The second-order valence-corrected chi connectivity index (χ2v) is 17.4. The molecule has 0 saturated carbocycles. The van der Waals surface area contributed by atoms with Crippen LogP contribution in [0.1, 0.15) is 0 Å². The summed E-state index contributed by atoms with van der Waals surface area (Å²) in [4.78, 5) is 4.86. The van der Waals surface area contributed by atoms with Gasteiger partial charge in [-0.3, -0.25) is 4.98 Å². The number of aromatic nitrogens is 3. The molecule has 306 valence electrons. The quantitative estimate of drug-likeness (QED) is 0.125. The number of benzene rings is 11. The molecule has 11 aromatic carbocycles. The Labute approximate surface area is 380 Å². The molecule has 0 unspecified atom stereocenters. The van der Waals surface area contributed by atoms with Crippen LogP contribution in [0.3, 0.4) is 0 Å². The molecule has 0 bridgehead atoms. The van der Waals surface area contributed by atoms with Gasteiger partial charge < -0.3 is 9.13 Å². The Morgan fingerprint density at radius 1 is 0.258 bits per heavy atom. The van der Waals surface area contributed by atoms with Crippen LogP contribution in [-0.4, -0.2) is 14.1 Å². The van der Waals surface area contributed by atoms with E-state index in [9.17, 15) is 0 Å². The van der Waals surface area contributed by atoms with Gasteiger partial charge in [0.15, 0.2) is 0 Å².